The highest BCUT2D eigenvalue weighted by atomic mass is 16.5. The first-order chi connectivity index (χ1) is 15.1. The lowest BCUT2D eigenvalue weighted by molar-refractivity contribution is 0.308. The van der Waals surface area contributed by atoms with E-state index in [4.69, 9.17) is 9.47 Å². The number of nitrogens with zero attached hydrogens (tertiary/aromatic N) is 2. The predicted molar refractivity (Wildman–Crippen MR) is 122 cm³/mol. The molecule has 4 rings (SSSR count). The smallest absolute Gasteiger partial charge is 0.166 e. The van der Waals surface area contributed by atoms with Crippen molar-refractivity contribution in [2.45, 2.75) is 19.9 Å². The number of methoxy groups -OCH3 is 1. The lowest BCUT2D eigenvalue weighted by atomic mass is 9.95. The van der Waals surface area contributed by atoms with Gasteiger partial charge in [-0.25, -0.2) is 4.98 Å². The van der Waals surface area contributed by atoms with Crippen molar-refractivity contribution in [2.75, 3.05) is 19.0 Å². The number of para-hydroxylation sites is 1. The molecule has 0 saturated carbocycles. The molecule has 2 aromatic carbocycles. The molecule has 31 heavy (non-hydrogen) atoms. The Morgan fingerprint density at radius 2 is 1.87 bits per heavy atom. The molecule has 2 heterocycles. The number of ether oxygens (including phenoxy) is 2. The van der Waals surface area contributed by atoms with Crippen LogP contribution in [0.3, 0.4) is 0 Å². The molecule has 2 aromatic heterocycles. The van der Waals surface area contributed by atoms with Gasteiger partial charge in [-0.1, -0.05) is 30.3 Å². The molecule has 0 bridgehead atoms. The van der Waals surface area contributed by atoms with Crippen molar-refractivity contribution >= 4 is 16.7 Å². The van der Waals surface area contributed by atoms with Gasteiger partial charge in [0.25, 0.3) is 0 Å². The molecule has 6 heteroatoms. The van der Waals surface area contributed by atoms with Gasteiger partial charge >= 0.3 is 0 Å². The predicted octanol–water partition coefficient (Wildman–Crippen LogP) is 5.25. The molecule has 4 aromatic rings. The SMILES string of the molecule is CCOc1cccc([C@@H](Nc2cc(C)ccn2)c2ccc3cccnc3c2O)c1OC. The summed E-state index contributed by atoms with van der Waals surface area (Å²) in [6.45, 7) is 4.46. The first-order valence-corrected chi connectivity index (χ1v) is 10.2. The monoisotopic (exact) mass is 415 g/mol. The number of benzene rings is 2. The van der Waals surface area contributed by atoms with E-state index in [9.17, 15) is 5.11 Å². The Morgan fingerprint density at radius 3 is 2.65 bits per heavy atom. The fraction of sp³-hybridized carbons (Fsp3) is 0.200. The normalized spacial score (nSPS) is 11.8. The van der Waals surface area contributed by atoms with Crippen LogP contribution in [0.5, 0.6) is 17.2 Å². The minimum atomic E-state index is -0.448. The highest BCUT2D eigenvalue weighted by Gasteiger charge is 2.25. The van der Waals surface area contributed by atoms with E-state index >= 15 is 0 Å². The van der Waals surface area contributed by atoms with Gasteiger partial charge in [-0.05, 0) is 43.7 Å². The van der Waals surface area contributed by atoms with Crippen LogP contribution in [0.15, 0.2) is 67.0 Å². The maximum Gasteiger partial charge on any atom is 0.166 e. The van der Waals surface area contributed by atoms with Crippen molar-refractivity contribution in [3.8, 4) is 17.2 Å². The summed E-state index contributed by atoms with van der Waals surface area (Å²) in [4.78, 5) is 8.84. The van der Waals surface area contributed by atoms with Crippen molar-refractivity contribution in [1.29, 1.82) is 0 Å². The summed E-state index contributed by atoms with van der Waals surface area (Å²) in [5, 5.41) is 15.5. The molecule has 0 radical (unpaired) electrons. The number of aryl methyl sites for hydroxylation is 1. The van der Waals surface area contributed by atoms with Crippen molar-refractivity contribution in [3.63, 3.8) is 0 Å². The van der Waals surface area contributed by atoms with Crippen LogP contribution in [0.1, 0.15) is 29.7 Å². The van der Waals surface area contributed by atoms with E-state index in [0.29, 0.717) is 35.0 Å². The number of hydrogen-bond donors (Lipinski definition) is 2. The standard InChI is InChI=1S/C25H25N3O3/c1-4-31-20-9-5-8-19(25(20)30-3)23(28-21-15-16(2)12-14-26-21)18-11-10-17-7-6-13-27-22(17)24(18)29/h5-15,23,29H,4H2,1-3H3,(H,26,28)/t23-/m0/s1. The van der Waals surface area contributed by atoms with Crippen molar-refractivity contribution in [3.05, 3.63) is 83.7 Å². The van der Waals surface area contributed by atoms with Gasteiger partial charge in [0.2, 0.25) is 0 Å². The summed E-state index contributed by atoms with van der Waals surface area (Å²) in [7, 11) is 1.62. The van der Waals surface area contributed by atoms with Gasteiger partial charge < -0.3 is 19.9 Å². The summed E-state index contributed by atoms with van der Waals surface area (Å²) >= 11 is 0. The third-order valence-corrected chi connectivity index (χ3v) is 5.12. The Bertz CT molecular complexity index is 1210. The highest BCUT2D eigenvalue weighted by Crippen LogP contribution is 2.42. The van der Waals surface area contributed by atoms with E-state index in [-0.39, 0.29) is 5.75 Å². The quantitative estimate of drug-likeness (QED) is 0.429. The fourth-order valence-electron chi connectivity index (χ4n) is 3.71. The van der Waals surface area contributed by atoms with Gasteiger partial charge in [0.1, 0.15) is 17.1 Å². The van der Waals surface area contributed by atoms with Crippen LogP contribution >= 0.6 is 0 Å². The van der Waals surface area contributed by atoms with Gasteiger partial charge in [0.05, 0.1) is 19.8 Å². The molecular formula is C25H25N3O3. The van der Waals surface area contributed by atoms with Crippen LogP contribution in [-0.4, -0.2) is 28.8 Å². The summed E-state index contributed by atoms with van der Waals surface area (Å²) in [6.07, 6.45) is 3.43. The lowest BCUT2D eigenvalue weighted by Crippen LogP contribution is -2.15. The summed E-state index contributed by atoms with van der Waals surface area (Å²) < 4.78 is 11.5. The molecule has 0 spiro atoms. The Hall–Kier alpha value is -3.80. The van der Waals surface area contributed by atoms with Gasteiger partial charge in [0.15, 0.2) is 11.5 Å². The highest BCUT2D eigenvalue weighted by molar-refractivity contribution is 5.86. The van der Waals surface area contributed by atoms with E-state index in [1.165, 1.54) is 0 Å². The van der Waals surface area contributed by atoms with E-state index in [1.54, 1.807) is 19.5 Å². The molecule has 0 aliphatic rings. The van der Waals surface area contributed by atoms with Crippen molar-refractivity contribution in [2.24, 2.45) is 0 Å². The third kappa shape index (κ3) is 4.10. The molecule has 158 valence electrons. The number of fused-ring (bicyclic) bond motifs is 1. The number of rotatable bonds is 7. The number of pyridine rings is 2. The zero-order valence-electron chi connectivity index (χ0n) is 17.8. The zero-order chi connectivity index (χ0) is 21.8. The number of nitrogens with one attached hydrogen (secondary N) is 1. The summed E-state index contributed by atoms with van der Waals surface area (Å²) in [5.41, 5.74) is 3.11. The molecule has 0 saturated heterocycles. The fourth-order valence-corrected chi connectivity index (χ4v) is 3.71. The van der Waals surface area contributed by atoms with Crippen molar-refractivity contribution < 1.29 is 14.6 Å². The number of phenolic OH excluding ortho intramolecular Hbond substituents is 1. The molecule has 0 aliphatic carbocycles. The Balaban J connectivity index is 1.91. The molecule has 0 amide bonds. The average molecular weight is 415 g/mol. The molecule has 1 atom stereocenters. The average Bonchev–Trinajstić information content (AvgIpc) is 2.78. The molecule has 0 fully saturated rings. The van der Waals surface area contributed by atoms with Crippen LogP contribution in [0.25, 0.3) is 10.9 Å². The van der Waals surface area contributed by atoms with Gasteiger partial charge in [-0.3, -0.25) is 4.98 Å². The van der Waals surface area contributed by atoms with E-state index in [1.807, 2.05) is 68.4 Å². The second-order valence-electron chi connectivity index (χ2n) is 7.19. The second kappa shape index (κ2) is 8.92. The molecular weight excluding hydrogens is 390 g/mol. The summed E-state index contributed by atoms with van der Waals surface area (Å²) in [6, 6.07) is 16.8. The second-order valence-corrected chi connectivity index (χ2v) is 7.19. The first-order valence-electron chi connectivity index (χ1n) is 10.2. The molecule has 6 nitrogen and oxygen atoms in total. The minimum absolute atomic E-state index is 0.118. The maximum absolute atomic E-state index is 11.2. The van der Waals surface area contributed by atoms with E-state index in [0.717, 1.165) is 16.5 Å². The van der Waals surface area contributed by atoms with Crippen LogP contribution in [0.4, 0.5) is 5.82 Å². The Morgan fingerprint density at radius 1 is 1.00 bits per heavy atom. The van der Waals surface area contributed by atoms with Gasteiger partial charge in [0, 0.05) is 28.9 Å². The minimum Gasteiger partial charge on any atom is -0.505 e. The number of aromatic hydroxyl groups is 1. The van der Waals surface area contributed by atoms with Crippen LogP contribution in [0, 0.1) is 6.92 Å². The summed E-state index contributed by atoms with van der Waals surface area (Å²) in [5.74, 6) is 2.06. The van der Waals surface area contributed by atoms with Gasteiger partial charge in [-0.15, -0.1) is 0 Å². The lowest BCUT2D eigenvalue weighted by Gasteiger charge is -2.25. The zero-order valence-corrected chi connectivity index (χ0v) is 17.8. The first kappa shape index (κ1) is 20.5. The number of anilines is 1. The third-order valence-electron chi connectivity index (χ3n) is 5.12. The molecule has 0 unspecified atom stereocenters. The van der Waals surface area contributed by atoms with Crippen LogP contribution in [-0.2, 0) is 0 Å². The topological polar surface area (TPSA) is 76.5 Å². The maximum atomic E-state index is 11.2. The number of aromatic nitrogens is 2. The van der Waals surface area contributed by atoms with Gasteiger partial charge in [-0.2, -0.15) is 0 Å². The Labute approximate surface area is 181 Å². The molecule has 0 aliphatic heterocycles. The van der Waals surface area contributed by atoms with Crippen LogP contribution < -0.4 is 14.8 Å². The van der Waals surface area contributed by atoms with E-state index < -0.39 is 6.04 Å². The Kier molecular flexibility index (Phi) is 5.89. The number of hydrogen-bond acceptors (Lipinski definition) is 6. The van der Waals surface area contributed by atoms with Crippen LogP contribution in [0.2, 0.25) is 0 Å². The number of phenols is 1. The molecule has 2 N–H and O–H groups in total. The van der Waals surface area contributed by atoms with Crippen molar-refractivity contribution in [1.82, 2.24) is 9.97 Å². The largest absolute Gasteiger partial charge is 0.505 e. The van der Waals surface area contributed by atoms with E-state index in [2.05, 4.69) is 15.3 Å².